The van der Waals surface area contributed by atoms with E-state index >= 15 is 0 Å². The standard InChI is InChI=1S/C16H33/c1-4-7-9-10-11-12-13-15-16(6-3)14-8-5-2/h12,16H,4-11,13-15H2,1-3H3. The van der Waals surface area contributed by atoms with Gasteiger partial charge in [-0.15, -0.1) is 0 Å². The molecule has 0 aromatic rings. The highest BCUT2D eigenvalue weighted by Crippen LogP contribution is 2.20. The molecule has 1 radical (unpaired) electrons. The molecule has 0 heterocycles. The lowest BCUT2D eigenvalue weighted by atomic mass is 9.93. The van der Waals surface area contributed by atoms with Crippen LogP contribution in [0.1, 0.15) is 91.4 Å². The van der Waals surface area contributed by atoms with Crippen LogP contribution < -0.4 is 0 Å². The molecule has 0 aromatic heterocycles. The van der Waals surface area contributed by atoms with Gasteiger partial charge in [0.15, 0.2) is 0 Å². The first-order chi connectivity index (χ1) is 7.85. The fourth-order valence-corrected chi connectivity index (χ4v) is 2.26. The van der Waals surface area contributed by atoms with Crippen molar-refractivity contribution in [2.75, 3.05) is 0 Å². The van der Waals surface area contributed by atoms with E-state index in [0.29, 0.717) is 0 Å². The Labute approximate surface area is 104 Å². The molecule has 1 atom stereocenters. The molecule has 0 saturated carbocycles. The van der Waals surface area contributed by atoms with Gasteiger partial charge in [0.2, 0.25) is 0 Å². The molecule has 0 aromatic carbocycles. The van der Waals surface area contributed by atoms with Crippen molar-refractivity contribution >= 4 is 0 Å². The Morgan fingerprint density at radius 3 is 2.12 bits per heavy atom. The van der Waals surface area contributed by atoms with Gasteiger partial charge in [-0.25, -0.2) is 0 Å². The predicted molar refractivity (Wildman–Crippen MR) is 75.6 cm³/mol. The smallest absolute Gasteiger partial charge is 0.0386 e. The first kappa shape index (κ1) is 16.0. The van der Waals surface area contributed by atoms with Gasteiger partial charge in [-0.05, 0) is 18.8 Å². The summed E-state index contributed by atoms with van der Waals surface area (Å²) in [6.07, 6.45) is 17.9. The fourth-order valence-electron chi connectivity index (χ4n) is 2.26. The maximum Gasteiger partial charge on any atom is -0.0386 e. The number of unbranched alkanes of at least 4 members (excludes halogenated alkanes) is 7. The molecule has 0 bridgehead atoms. The Bertz CT molecular complexity index is 117. The summed E-state index contributed by atoms with van der Waals surface area (Å²) in [5, 5.41) is 0. The van der Waals surface area contributed by atoms with Gasteiger partial charge in [0.05, 0.1) is 0 Å². The topological polar surface area (TPSA) is 0 Å². The Morgan fingerprint density at radius 2 is 1.50 bits per heavy atom. The van der Waals surface area contributed by atoms with Crippen LogP contribution in [-0.4, -0.2) is 0 Å². The van der Waals surface area contributed by atoms with Crippen LogP contribution in [0, 0.1) is 12.3 Å². The van der Waals surface area contributed by atoms with Crippen LogP contribution in [0.4, 0.5) is 0 Å². The summed E-state index contributed by atoms with van der Waals surface area (Å²) in [5.41, 5.74) is 0. The zero-order valence-electron chi connectivity index (χ0n) is 11.9. The average Bonchev–Trinajstić information content (AvgIpc) is 2.32. The Kier molecular flexibility index (Phi) is 13.1. The van der Waals surface area contributed by atoms with Crippen molar-refractivity contribution in [2.45, 2.75) is 91.4 Å². The molecule has 0 fully saturated rings. The minimum Gasteiger partial charge on any atom is -0.0654 e. The Hall–Kier alpha value is 0. The van der Waals surface area contributed by atoms with E-state index in [0.717, 1.165) is 5.92 Å². The second kappa shape index (κ2) is 13.1. The van der Waals surface area contributed by atoms with Crippen LogP contribution in [0.15, 0.2) is 0 Å². The monoisotopic (exact) mass is 225 g/mol. The van der Waals surface area contributed by atoms with Gasteiger partial charge >= 0.3 is 0 Å². The highest BCUT2D eigenvalue weighted by Gasteiger charge is 2.04. The maximum atomic E-state index is 2.53. The van der Waals surface area contributed by atoms with Crippen molar-refractivity contribution in [3.8, 4) is 0 Å². The Balaban J connectivity index is 3.20. The highest BCUT2D eigenvalue weighted by atomic mass is 14.1. The molecule has 16 heavy (non-hydrogen) atoms. The summed E-state index contributed by atoms with van der Waals surface area (Å²) >= 11 is 0. The van der Waals surface area contributed by atoms with Crippen molar-refractivity contribution in [2.24, 2.45) is 5.92 Å². The van der Waals surface area contributed by atoms with Crippen LogP contribution in [0.5, 0.6) is 0 Å². The van der Waals surface area contributed by atoms with Crippen LogP contribution in [0.25, 0.3) is 0 Å². The van der Waals surface area contributed by atoms with Crippen LogP contribution in [0.2, 0.25) is 0 Å². The quantitative estimate of drug-likeness (QED) is 0.349. The number of hydrogen-bond donors (Lipinski definition) is 0. The molecule has 0 saturated heterocycles. The number of hydrogen-bond acceptors (Lipinski definition) is 0. The van der Waals surface area contributed by atoms with Crippen LogP contribution >= 0.6 is 0 Å². The second-order valence-corrected chi connectivity index (χ2v) is 5.13. The van der Waals surface area contributed by atoms with Crippen LogP contribution in [0.3, 0.4) is 0 Å². The first-order valence-corrected chi connectivity index (χ1v) is 7.66. The molecule has 0 aliphatic rings. The summed E-state index contributed by atoms with van der Waals surface area (Å²) in [7, 11) is 0. The van der Waals surface area contributed by atoms with Crippen molar-refractivity contribution in [1.29, 1.82) is 0 Å². The SMILES string of the molecule is CCCCCC[CH]CCC(CC)CCCC. The molecular formula is C16H33. The molecule has 0 N–H and O–H groups in total. The van der Waals surface area contributed by atoms with Crippen molar-refractivity contribution < 1.29 is 0 Å². The van der Waals surface area contributed by atoms with Gasteiger partial charge < -0.3 is 0 Å². The van der Waals surface area contributed by atoms with E-state index in [1.807, 2.05) is 0 Å². The van der Waals surface area contributed by atoms with Gasteiger partial charge in [0, 0.05) is 0 Å². The normalized spacial score (nSPS) is 12.9. The lowest BCUT2D eigenvalue weighted by molar-refractivity contribution is 0.417. The van der Waals surface area contributed by atoms with E-state index in [4.69, 9.17) is 0 Å². The minimum atomic E-state index is 0.992. The second-order valence-electron chi connectivity index (χ2n) is 5.13. The minimum absolute atomic E-state index is 0.992. The van der Waals surface area contributed by atoms with Gasteiger partial charge in [-0.3, -0.25) is 0 Å². The van der Waals surface area contributed by atoms with Gasteiger partial charge in [-0.1, -0.05) is 85.0 Å². The number of rotatable bonds is 12. The van der Waals surface area contributed by atoms with Crippen LogP contribution in [-0.2, 0) is 0 Å². The molecule has 1 unspecified atom stereocenters. The van der Waals surface area contributed by atoms with E-state index in [-0.39, 0.29) is 0 Å². The highest BCUT2D eigenvalue weighted by molar-refractivity contribution is 4.68. The first-order valence-electron chi connectivity index (χ1n) is 7.66. The average molecular weight is 225 g/mol. The van der Waals surface area contributed by atoms with E-state index in [1.165, 1.54) is 70.6 Å². The Morgan fingerprint density at radius 1 is 0.750 bits per heavy atom. The molecule has 0 aliphatic carbocycles. The largest absolute Gasteiger partial charge is 0.0654 e. The van der Waals surface area contributed by atoms with E-state index in [9.17, 15) is 0 Å². The third-order valence-electron chi connectivity index (χ3n) is 3.58. The molecule has 0 nitrogen and oxygen atoms in total. The summed E-state index contributed by atoms with van der Waals surface area (Å²) in [5.74, 6) is 0.992. The summed E-state index contributed by atoms with van der Waals surface area (Å²) in [4.78, 5) is 0. The van der Waals surface area contributed by atoms with Crippen molar-refractivity contribution in [1.82, 2.24) is 0 Å². The summed E-state index contributed by atoms with van der Waals surface area (Å²) in [6, 6.07) is 0. The zero-order chi connectivity index (χ0) is 12.1. The molecular weight excluding hydrogens is 192 g/mol. The molecule has 0 aliphatic heterocycles. The van der Waals surface area contributed by atoms with E-state index < -0.39 is 0 Å². The maximum absolute atomic E-state index is 2.53. The van der Waals surface area contributed by atoms with E-state index in [2.05, 4.69) is 27.2 Å². The summed E-state index contributed by atoms with van der Waals surface area (Å²) in [6.45, 7) is 6.93. The van der Waals surface area contributed by atoms with Crippen molar-refractivity contribution in [3.63, 3.8) is 0 Å². The zero-order valence-corrected chi connectivity index (χ0v) is 11.9. The molecule has 97 valence electrons. The molecule has 0 amide bonds. The van der Waals surface area contributed by atoms with E-state index in [1.54, 1.807) is 0 Å². The predicted octanol–water partition coefficient (Wildman–Crippen LogP) is 6.16. The lowest BCUT2D eigenvalue weighted by Crippen LogP contribution is -1.98. The van der Waals surface area contributed by atoms with Gasteiger partial charge in [0.25, 0.3) is 0 Å². The molecule has 0 spiro atoms. The fraction of sp³-hybridized carbons (Fsp3) is 0.938. The van der Waals surface area contributed by atoms with Gasteiger partial charge in [0.1, 0.15) is 0 Å². The third-order valence-corrected chi connectivity index (χ3v) is 3.58. The third kappa shape index (κ3) is 10.5. The molecule has 0 rings (SSSR count). The van der Waals surface area contributed by atoms with Gasteiger partial charge in [-0.2, -0.15) is 0 Å². The summed E-state index contributed by atoms with van der Waals surface area (Å²) < 4.78 is 0. The lowest BCUT2D eigenvalue weighted by Gasteiger charge is -2.13. The molecule has 0 heteroatoms. The van der Waals surface area contributed by atoms with Crippen molar-refractivity contribution in [3.05, 3.63) is 6.42 Å².